The van der Waals surface area contributed by atoms with Gasteiger partial charge in [-0.3, -0.25) is 19.2 Å². The number of carbonyl (C=O) groups is 7. The third-order valence-electron chi connectivity index (χ3n) is 9.04. The van der Waals surface area contributed by atoms with Crippen molar-refractivity contribution >= 4 is 41.4 Å². The first-order valence-electron chi connectivity index (χ1n) is 17.9. The van der Waals surface area contributed by atoms with Crippen LogP contribution >= 0.6 is 0 Å². The van der Waals surface area contributed by atoms with Gasteiger partial charge in [-0.05, 0) is 64.2 Å². The molecule has 0 aliphatic heterocycles. The molecule has 0 aromatic heterocycles. The molecule has 0 saturated heterocycles. The van der Waals surface area contributed by atoms with Crippen LogP contribution in [-0.2, 0) is 33.6 Å². The van der Waals surface area contributed by atoms with Crippen LogP contribution in [0, 0.1) is 11.8 Å². The molecule has 1 rings (SSSR count). The Morgan fingerprint density at radius 1 is 0.562 bits per heavy atom. The summed E-state index contributed by atoms with van der Waals surface area (Å²) in [5, 5.41) is 35.3. The number of unbranched alkanes of at least 4 members (excludes halogenated alkanes) is 11. The predicted molar refractivity (Wildman–Crippen MR) is 179 cm³/mol. The number of carboxylic acids is 3. The van der Waals surface area contributed by atoms with E-state index in [9.17, 15) is 43.8 Å². The lowest BCUT2D eigenvalue weighted by Gasteiger charge is -2.28. The summed E-state index contributed by atoms with van der Waals surface area (Å²) in [7, 11) is 0. The van der Waals surface area contributed by atoms with Gasteiger partial charge in [0, 0.05) is 38.1 Å². The van der Waals surface area contributed by atoms with Crippen LogP contribution in [0.4, 0.5) is 0 Å². The molecule has 0 heterocycles. The van der Waals surface area contributed by atoms with Crippen LogP contribution in [0.5, 0.6) is 0 Å². The first-order chi connectivity index (χ1) is 22.9. The second-order valence-electron chi connectivity index (χ2n) is 13.3. The number of ketones is 1. The maximum absolute atomic E-state index is 12.8. The molecular formula is C35H59N3O10. The summed E-state index contributed by atoms with van der Waals surface area (Å²) in [6.45, 7) is 1.88. The average Bonchev–Trinajstić information content (AvgIpc) is 3.03. The van der Waals surface area contributed by atoms with E-state index in [-0.39, 0.29) is 61.5 Å². The van der Waals surface area contributed by atoms with Crippen molar-refractivity contribution in [1.82, 2.24) is 16.0 Å². The van der Waals surface area contributed by atoms with Crippen LogP contribution in [0.1, 0.15) is 148 Å². The van der Waals surface area contributed by atoms with Crippen molar-refractivity contribution < 1.29 is 48.9 Å². The molecule has 13 nitrogen and oxygen atoms in total. The highest BCUT2D eigenvalue weighted by Crippen LogP contribution is 2.29. The summed E-state index contributed by atoms with van der Waals surface area (Å²) in [6, 6.07) is -2.54. The van der Waals surface area contributed by atoms with Gasteiger partial charge in [0.1, 0.15) is 17.9 Å². The summed E-state index contributed by atoms with van der Waals surface area (Å²) in [4.78, 5) is 82.1. The zero-order valence-corrected chi connectivity index (χ0v) is 28.8. The fraction of sp³-hybridized carbons (Fsp3) is 0.800. The highest BCUT2D eigenvalue weighted by atomic mass is 16.4. The maximum Gasteiger partial charge on any atom is 0.326 e. The molecule has 1 fully saturated rings. The Morgan fingerprint density at radius 2 is 1.02 bits per heavy atom. The van der Waals surface area contributed by atoms with E-state index >= 15 is 0 Å². The van der Waals surface area contributed by atoms with Crippen molar-refractivity contribution in [1.29, 1.82) is 0 Å². The molecule has 1 saturated carbocycles. The van der Waals surface area contributed by atoms with Crippen molar-refractivity contribution in [3.8, 4) is 0 Å². The molecule has 3 amide bonds. The molecule has 13 heteroatoms. The monoisotopic (exact) mass is 681 g/mol. The zero-order valence-electron chi connectivity index (χ0n) is 28.8. The second-order valence-corrected chi connectivity index (χ2v) is 13.3. The van der Waals surface area contributed by atoms with Gasteiger partial charge in [-0.1, -0.05) is 64.2 Å². The third kappa shape index (κ3) is 21.4. The molecular weight excluding hydrogens is 622 g/mol. The van der Waals surface area contributed by atoms with E-state index in [0.29, 0.717) is 25.8 Å². The minimum Gasteiger partial charge on any atom is -0.481 e. The summed E-state index contributed by atoms with van der Waals surface area (Å²) < 4.78 is 0. The number of rotatable bonds is 28. The van der Waals surface area contributed by atoms with E-state index < -0.39 is 35.9 Å². The fourth-order valence-corrected chi connectivity index (χ4v) is 6.00. The fourth-order valence-electron chi connectivity index (χ4n) is 6.00. The van der Waals surface area contributed by atoms with Crippen molar-refractivity contribution in [3.05, 3.63) is 0 Å². The molecule has 6 N–H and O–H groups in total. The summed E-state index contributed by atoms with van der Waals surface area (Å²) >= 11 is 0. The molecule has 1 aliphatic carbocycles. The van der Waals surface area contributed by atoms with Gasteiger partial charge in [-0.15, -0.1) is 0 Å². The number of Topliss-reactive ketones (excluding diaryl/α,β-unsaturated/α-hetero) is 1. The number of nitrogens with one attached hydrogen (secondary N) is 3. The lowest BCUT2D eigenvalue weighted by molar-refractivity contribution is -0.144. The largest absolute Gasteiger partial charge is 0.481 e. The van der Waals surface area contributed by atoms with Gasteiger partial charge in [0.25, 0.3) is 0 Å². The topological polar surface area (TPSA) is 216 Å². The van der Waals surface area contributed by atoms with Crippen LogP contribution in [0.15, 0.2) is 0 Å². The van der Waals surface area contributed by atoms with Gasteiger partial charge >= 0.3 is 17.9 Å². The smallest absolute Gasteiger partial charge is 0.326 e. The number of amides is 3. The van der Waals surface area contributed by atoms with E-state index in [2.05, 4.69) is 16.0 Å². The van der Waals surface area contributed by atoms with Crippen LogP contribution in [-0.4, -0.2) is 75.4 Å². The average molecular weight is 682 g/mol. The van der Waals surface area contributed by atoms with Crippen molar-refractivity contribution in [2.45, 2.75) is 160 Å². The summed E-state index contributed by atoms with van der Waals surface area (Å²) in [5.41, 5.74) is 0. The Balaban J connectivity index is 2.16. The Kier molecular flexibility index (Phi) is 22.6. The Morgan fingerprint density at radius 3 is 1.50 bits per heavy atom. The number of carbonyl (C=O) groups excluding carboxylic acids is 4. The van der Waals surface area contributed by atoms with Gasteiger partial charge < -0.3 is 36.1 Å². The van der Waals surface area contributed by atoms with Crippen LogP contribution in [0.3, 0.4) is 0 Å². The van der Waals surface area contributed by atoms with Gasteiger partial charge in [0.2, 0.25) is 17.7 Å². The molecule has 2 atom stereocenters. The SMILES string of the molecule is CC(=O)CC[C@H](NC(=O)CCC(NC(=O)C1CCC(CNC(=O)CCCCCCCCCCCCCCC(=O)O)CC1)C(=O)O)C(=O)O. The second kappa shape index (κ2) is 25.5. The van der Waals surface area contributed by atoms with Gasteiger partial charge in [0.05, 0.1) is 0 Å². The van der Waals surface area contributed by atoms with Gasteiger partial charge in [0.15, 0.2) is 0 Å². The van der Waals surface area contributed by atoms with Crippen molar-refractivity contribution in [3.63, 3.8) is 0 Å². The Labute approximate surface area is 284 Å². The van der Waals surface area contributed by atoms with E-state index in [1.54, 1.807) is 0 Å². The van der Waals surface area contributed by atoms with Crippen LogP contribution < -0.4 is 16.0 Å². The Bertz CT molecular complexity index is 1030. The van der Waals surface area contributed by atoms with E-state index in [1.807, 2.05) is 0 Å². The summed E-state index contributed by atoms with van der Waals surface area (Å²) in [5.74, 6) is -4.61. The van der Waals surface area contributed by atoms with Crippen LogP contribution in [0.2, 0.25) is 0 Å². The molecule has 0 aromatic carbocycles. The number of aliphatic carboxylic acids is 3. The van der Waals surface area contributed by atoms with E-state index in [4.69, 9.17) is 5.11 Å². The normalized spacial score (nSPS) is 17.1. The highest BCUT2D eigenvalue weighted by Gasteiger charge is 2.30. The molecule has 48 heavy (non-hydrogen) atoms. The minimum absolute atomic E-state index is 0.00967. The molecule has 1 aliphatic rings. The molecule has 0 bridgehead atoms. The number of carboxylic acid groups (broad SMARTS) is 3. The maximum atomic E-state index is 12.8. The number of hydrogen-bond donors (Lipinski definition) is 6. The molecule has 274 valence electrons. The van der Waals surface area contributed by atoms with Crippen molar-refractivity contribution in [2.24, 2.45) is 11.8 Å². The molecule has 1 unspecified atom stereocenters. The van der Waals surface area contributed by atoms with E-state index in [0.717, 1.165) is 51.4 Å². The first kappa shape index (κ1) is 42.5. The molecule has 0 aromatic rings. The summed E-state index contributed by atoms with van der Waals surface area (Å²) in [6.07, 6.45) is 15.9. The lowest BCUT2D eigenvalue weighted by Crippen LogP contribution is -2.46. The third-order valence-corrected chi connectivity index (χ3v) is 9.04. The number of hydrogen-bond acceptors (Lipinski definition) is 7. The van der Waals surface area contributed by atoms with E-state index in [1.165, 1.54) is 45.4 Å². The van der Waals surface area contributed by atoms with Gasteiger partial charge in [-0.2, -0.15) is 0 Å². The lowest BCUT2D eigenvalue weighted by atomic mass is 9.81. The molecule has 0 radical (unpaired) electrons. The first-order valence-corrected chi connectivity index (χ1v) is 17.9. The van der Waals surface area contributed by atoms with Crippen LogP contribution in [0.25, 0.3) is 0 Å². The quantitative estimate of drug-likeness (QED) is 0.0623. The minimum atomic E-state index is -1.29. The van der Waals surface area contributed by atoms with Gasteiger partial charge in [-0.25, -0.2) is 9.59 Å². The highest BCUT2D eigenvalue weighted by molar-refractivity contribution is 5.87. The Hall–Kier alpha value is -3.51. The van der Waals surface area contributed by atoms with Crippen molar-refractivity contribution in [2.75, 3.05) is 6.54 Å². The predicted octanol–water partition coefficient (Wildman–Crippen LogP) is 4.74. The standard InChI is InChI=1S/C35H59N3O10/c1-25(39)16-21-28(34(45)46)37-31(41)23-22-29(35(47)48)38-33(44)27-19-17-26(18-20-27)24-36-30(40)14-12-10-8-6-4-2-3-5-7-9-11-13-15-32(42)43/h26-29H,2-24H2,1H3,(H,36,40)(H,37,41)(H,38,44)(H,42,43)(H,45,46)(H,47,48)/t26?,27?,28-,29?/m0/s1. The zero-order chi connectivity index (χ0) is 35.7. The molecule has 0 spiro atoms.